The molecule has 3 rings (SSSR count). The van der Waals surface area contributed by atoms with Crippen molar-refractivity contribution in [1.82, 2.24) is 0 Å². The fourth-order valence-electron chi connectivity index (χ4n) is 4.02. The largest absolute Gasteiger partial charge is 0.484 e. The van der Waals surface area contributed by atoms with Crippen molar-refractivity contribution in [3.05, 3.63) is 54.1 Å². The van der Waals surface area contributed by atoms with Gasteiger partial charge in [-0.3, -0.25) is 0 Å². The maximum absolute atomic E-state index is 14.8. The third kappa shape index (κ3) is 5.60. The quantitative estimate of drug-likeness (QED) is 0.272. The molecule has 28 heavy (non-hydrogen) atoms. The van der Waals surface area contributed by atoms with E-state index < -0.39 is 21.2 Å². The molecule has 1 aliphatic rings. The minimum atomic E-state index is -4.34. The molecule has 0 aromatic heterocycles. The van der Waals surface area contributed by atoms with Crippen LogP contribution in [0.15, 0.2) is 48.5 Å². The van der Waals surface area contributed by atoms with E-state index in [2.05, 4.69) is 19.1 Å². The van der Waals surface area contributed by atoms with Crippen molar-refractivity contribution < 1.29 is 22.0 Å². The van der Waals surface area contributed by atoms with E-state index in [0.29, 0.717) is 5.92 Å². The molecule has 6 heteroatoms. The number of alkyl halides is 3. The maximum atomic E-state index is 14.8. The maximum Gasteiger partial charge on any atom is 0.422 e. The van der Waals surface area contributed by atoms with Gasteiger partial charge in [-0.1, -0.05) is 49.7 Å². The van der Waals surface area contributed by atoms with Crippen LogP contribution in [0, 0.1) is 0 Å². The average Bonchev–Trinajstić information content (AvgIpc) is 2.67. The number of halogens is 4. The third-order valence-corrected chi connectivity index (χ3v) is 9.32. The molecule has 1 heterocycles. The number of ether oxygens (including phenoxy) is 1. The Labute approximate surface area is 164 Å². The number of rotatable bonds is 6. The fraction of sp³-hybridized carbons (Fsp3) is 0.455. The smallest absolute Gasteiger partial charge is 0.422 e. The first-order chi connectivity index (χ1) is 13.3. The van der Waals surface area contributed by atoms with Crippen molar-refractivity contribution in [2.45, 2.75) is 56.4 Å². The minimum absolute atomic E-state index is 0.200. The van der Waals surface area contributed by atoms with E-state index in [-0.39, 0.29) is 5.75 Å². The zero-order chi connectivity index (χ0) is 20.2. The molecule has 1 aliphatic heterocycles. The molecule has 1 nitrogen and oxygen atoms in total. The van der Waals surface area contributed by atoms with Gasteiger partial charge in [-0.15, -0.1) is 0 Å². The summed E-state index contributed by atoms with van der Waals surface area (Å²) in [6.45, 7) is 0.776. The van der Waals surface area contributed by atoms with Gasteiger partial charge in [0, 0.05) is 0 Å². The Bertz CT molecular complexity index is 748. The van der Waals surface area contributed by atoms with Gasteiger partial charge in [0.05, 0.1) is 0 Å². The summed E-state index contributed by atoms with van der Waals surface area (Å²) in [5.74, 6) is 0.631. The van der Waals surface area contributed by atoms with Crippen LogP contribution in [0.2, 0.25) is 18.1 Å². The van der Waals surface area contributed by atoms with Crippen LogP contribution in [0.3, 0.4) is 0 Å². The molecule has 0 unspecified atom stereocenters. The van der Waals surface area contributed by atoms with Crippen LogP contribution < -0.4 is 4.74 Å². The van der Waals surface area contributed by atoms with Crippen LogP contribution in [0.25, 0.3) is 11.1 Å². The zero-order valence-electron chi connectivity index (χ0n) is 16.1. The van der Waals surface area contributed by atoms with Gasteiger partial charge < -0.3 is 8.84 Å². The molecule has 0 amide bonds. The van der Waals surface area contributed by atoms with Crippen LogP contribution in [0.4, 0.5) is 17.3 Å². The monoisotopic (exact) mass is 410 g/mol. The van der Waals surface area contributed by atoms with Gasteiger partial charge in [-0.25, -0.2) is 0 Å². The van der Waals surface area contributed by atoms with Gasteiger partial charge in [0.2, 0.25) is 8.41 Å². The van der Waals surface area contributed by atoms with Crippen molar-refractivity contribution in [2.24, 2.45) is 0 Å². The van der Waals surface area contributed by atoms with Gasteiger partial charge in [-0.2, -0.15) is 13.2 Å². The van der Waals surface area contributed by atoms with Crippen LogP contribution in [-0.2, 0) is 0 Å². The highest BCUT2D eigenvalue weighted by molar-refractivity contribution is 6.73. The van der Waals surface area contributed by atoms with Gasteiger partial charge in [0.25, 0.3) is 0 Å². The molecular formula is C22H26F4OSi. The molecule has 0 N–H and O–H groups in total. The minimum Gasteiger partial charge on any atom is -0.484 e. The summed E-state index contributed by atoms with van der Waals surface area (Å²) in [6, 6.07) is 17.2. The van der Waals surface area contributed by atoms with Crippen LogP contribution in [0.1, 0.15) is 37.7 Å². The van der Waals surface area contributed by atoms with E-state index in [4.69, 9.17) is 4.74 Å². The van der Waals surface area contributed by atoms with Crippen molar-refractivity contribution in [3.8, 4) is 16.9 Å². The van der Waals surface area contributed by atoms with Gasteiger partial charge in [0.1, 0.15) is 5.75 Å². The average molecular weight is 411 g/mol. The number of benzene rings is 2. The van der Waals surface area contributed by atoms with E-state index >= 15 is 0 Å². The fourth-order valence-corrected chi connectivity index (χ4v) is 7.40. The van der Waals surface area contributed by atoms with Crippen LogP contribution in [0.5, 0.6) is 5.75 Å². The Balaban J connectivity index is 1.60. The van der Waals surface area contributed by atoms with E-state index in [1.54, 1.807) is 24.3 Å². The molecule has 0 radical (unpaired) electrons. The molecule has 1 fully saturated rings. The molecule has 1 saturated heterocycles. The van der Waals surface area contributed by atoms with Crippen LogP contribution >= 0.6 is 0 Å². The SMILES string of the molecule is CCC[Si]1(F)CCC(c2ccc(-c3ccc(OCC(F)(F)F)cc3)cc2)CC1. The highest BCUT2D eigenvalue weighted by atomic mass is 28.4. The van der Waals surface area contributed by atoms with E-state index in [9.17, 15) is 17.3 Å². The first-order valence-corrected chi connectivity index (χ1v) is 12.4. The molecule has 0 saturated carbocycles. The lowest BCUT2D eigenvalue weighted by Crippen LogP contribution is -2.32. The number of hydrogen-bond donors (Lipinski definition) is 0. The first-order valence-electron chi connectivity index (χ1n) is 9.87. The molecule has 152 valence electrons. The summed E-state index contributed by atoms with van der Waals surface area (Å²) in [5, 5.41) is 0. The van der Waals surface area contributed by atoms with Crippen molar-refractivity contribution >= 4 is 8.41 Å². The molecular weight excluding hydrogens is 384 g/mol. The second-order valence-corrected chi connectivity index (χ2v) is 11.5. The molecule has 0 aliphatic carbocycles. The third-order valence-electron chi connectivity index (χ3n) is 5.55. The molecule has 0 atom stereocenters. The first kappa shape index (κ1) is 20.9. The molecule has 0 bridgehead atoms. The van der Waals surface area contributed by atoms with Crippen molar-refractivity contribution in [1.29, 1.82) is 0 Å². The highest BCUT2D eigenvalue weighted by Gasteiger charge is 2.38. The Kier molecular flexibility index (Phi) is 6.48. The predicted octanol–water partition coefficient (Wildman–Crippen LogP) is 7.50. The van der Waals surface area contributed by atoms with Crippen molar-refractivity contribution in [2.75, 3.05) is 6.61 Å². The lowest BCUT2D eigenvalue weighted by atomic mass is 9.92. The Hall–Kier alpha value is -1.82. The molecule has 0 spiro atoms. The lowest BCUT2D eigenvalue weighted by Gasteiger charge is -2.32. The number of hydrogen-bond acceptors (Lipinski definition) is 1. The summed E-state index contributed by atoms with van der Waals surface area (Å²) >= 11 is 0. The summed E-state index contributed by atoms with van der Waals surface area (Å²) in [5.41, 5.74) is 3.18. The Morgan fingerprint density at radius 2 is 1.46 bits per heavy atom. The molecule has 2 aromatic carbocycles. The topological polar surface area (TPSA) is 9.23 Å². The van der Waals surface area contributed by atoms with E-state index in [0.717, 1.165) is 48.5 Å². The van der Waals surface area contributed by atoms with E-state index in [1.165, 1.54) is 5.56 Å². The van der Waals surface area contributed by atoms with Gasteiger partial charge >= 0.3 is 6.18 Å². The standard InChI is InChI=1S/C22H26F4OSi/c1-2-13-28(26)14-11-20(12-15-28)18-5-3-17(4-6-18)19-7-9-21(10-8-19)27-16-22(23,24)25/h3-10,20H,2,11-16H2,1H3. The highest BCUT2D eigenvalue weighted by Crippen LogP contribution is 2.41. The van der Waals surface area contributed by atoms with Crippen LogP contribution in [-0.4, -0.2) is 21.2 Å². The van der Waals surface area contributed by atoms with Crippen molar-refractivity contribution in [3.63, 3.8) is 0 Å². The van der Waals surface area contributed by atoms with Gasteiger partial charge in [-0.05, 0) is 65.7 Å². The Morgan fingerprint density at radius 1 is 0.929 bits per heavy atom. The predicted molar refractivity (Wildman–Crippen MR) is 107 cm³/mol. The summed E-state index contributed by atoms with van der Waals surface area (Å²) in [7, 11) is -2.48. The molecule has 2 aromatic rings. The summed E-state index contributed by atoms with van der Waals surface area (Å²) in [4.78, 5) is 0. The summed E-state index contributed by atoms with van der Waals surface area (Å²) in [6.07, 6.45) is -1.52. The zero-order valence-corrected chi connectivity index (χ0v) is 17.1. The second kappa shape index (κ2) is 8.68. The summed E-state index contributed by atoms with van der Waals surface area (Å²) < 4.78 is 56.2. The normalized spacial score (nSPS) is 22.8. The second-order valence-electron chi connectivity index (χ2n) is 7.73. The lowest BCUT2D eigenvalue weighted by molar-refractivity contribution is -0.153. The van der Waals surface area contributed by atoms with Gasteiger partial charge in [0.15, 0.2) is 6.61 Å². The Morgan fingerprint density at radius 3 is 1.96 bits per heavy atom. The van der Waals surface area contributed by atoms with E-state index in [1.807, 2.05) is 12.1 Å².